The van der Waals surface area contributed by atoms with Gasteiger partial charge in [0.15, 0.2) is 5.78 Å². The highest BCUT2D eigenvalue weighted by molar-refractivity contribution is 7.23. The van der Waals surface area contributed by atoms with E-state index >= 15 is 0 Å². The van der Waals surface area contributed by atoms with Crippen LogP contribution in [0.5, 0.6) is 0 Å². The van der Waals surface area contributed by atoms with Gasteiger partial charge in [-0.25, -0.2) is 0 Å². The Hall–Kier alpha value is -1.18. The molecule has 1 aliphatic rings. The number of Topliss-reactive ketones (excluding diaryl/α,β-unsaturated/α-hetero) is 1. The normalized spacial score (nSPS) is 19.2. The summed E-state index contributed by atoms with van der Waals surface area (Å²) >= 11 is 1.35. The summed E-state index contributed by atoms with van der Waals surface area (Å²) in [5, 5.41) is 0. The zero-order chi connectivity index (χ0) is 16.5. The van der Waals surface area contributed by atoms with E-state index in [0.29, 0.717) is 4.88 Å². The molecule has 1 aromatic heterocycles. The summed E-state index contributed by atoms with van der Waals surface area (Å²) in [7, 11) is 0.853. The molecule has 0 N–H and O–H groups in total. The van der Waals surface area contributed by atoms with Crippen molar-refractivity contribution >= 4 is 35.0 Å². The lowest BCUT2D eigenvalue weighted by atomic mass is 9.88. The maximum absolute atomic E-state index is 12.1. The lowest BCUT2D eigenvalue weighted by molar-refractivity contribution is -0.140. The van der Waals surface area contributed by atoms with Gasteiger partial charge in [0.2, 0.25) is 0 Å². The number of carbonyl (C=O) groups is 2. The first kappa shape index (κ1) is 17.2. The molecule has 7 heteroatoms. The van der Waals surface area contributed by atoms with Crippen LogP contribution in [-0.4, -0.2) is 37.2 Å². The van der Waals surface area contributed by atoms with Crippen LogP contribution >= 0.6 is 11.3 Å². The molecule has 0 atom stereocenters. The fourth-order valence-corrected chi connectivity index (χ4v) is 2.96. The number of carbonyl (C=O) groups excluding carboxylic acids is 2. The van der Waals surface area contributed by atoms with Crippen LogP contribution in [0.15, 0.2) is 12.1 Å². The van der Waals surface area contributed by atoms with E-state index in [2.05, 4.69) is 4.74 Å². The van der Waals surface area contributed by atoms with Gasteiger partial charge in [0, 0.05) is 11.2 Å². The number of methoxy groups -OCH3 is 1. The molecule has 5 nitrogen and oxygen atoms in total. The van der Waals surface area contributed by atoms with Crippen LogP contribution in [0.25, 0.3) is 0 Å². The van der Waals surface area contributed by atoms with Gasteiger partial charge in [0.25, 0.3) is 0 Å². The first-order valence-electron chi connectivity index (χ1n) is 7.21. The fraction of sp³-hybridized carbons (Fsp3) is 0.600. The van der Waals surface area contributed by atoms with E-state index < -0.39 is 18.3 Å². The van der Waals surface area contributed by atoms with Crippen molar-refractivity contribution in [3.63, 3.8) is 0 Å². The number of esters is 1. The zero-order valence-corrected chi connectivity index (χ0v) is 14.4. The summed E-state index contributed by atoms with van der Waals surface area (Å²) in [4.78, 5) is 23.8. The predicted molar refractivity (Wildman–Crippen MR) is 85.6 cm³/mol. The summed E-state index contributed by atoms with van der Waals surface area (Å²) in [5.41, 5.74) is -0.812. The summed E-state index contributed by atoms with van der Waals surface area (Å²) in [6.07, 6.45) is 0.245. The molecule has 0 aliphatic carbocycles. The third-order valence-corrected chi connectivity index (χ3v) is 5.32. The maximum Gasteiger partial charge on any atom is 0.505 e. The van der Waals surface area contributed by atoms with Crippen LogP contribution in [0, 0.1) is 0 Å². The van der Waals surface area contributed by atoms with Gasteiger partial charge >= 0.3 is 13.1 Å². The lowest BCUT2D eigenvalue weighted by Crippen LogP contribution is -2.41. The Labute approximate surface area is 135 Å². The second kappa shape index (κ2) is 6.14. The minimum absolute atomic E-state index is 0.0711. The molecule has 1 fully saturated rings. The Morgan fingerprint density at radius 1 is 1.14 bits per heavy atom. The molecule has 0 unspecified atom stereocenters. The van der Waals surface area contributed by atoms with E-state index in [1.54, 1.807) is 6.07 Å². The number of hydrogen-bond acceptors (Lipinski definition) is 6. The molecule has 2 rings (SSSR count). The summed E-state index contributed by atoms with van der Waals surface area (Å²) in [6, 6.07) is 3.60. The molecule has 1 saturated heterocycles. The standard InChI is InChI=1S/C15H21BO5S/c1-14(2)15(3,4)21-16(20-14)12-8-7-11(22-12)10(17)6-9-13(18)19-5/h7-8H,6,9H2,1-5H3. The van der Waals surface area contributed by atoms with E-state index in [4.69, 9.17) is 9.31 Å². The number of rotatable bonds is 5. The zero-order valence-electron chi connectivity index (χ0n) is 13.6. The van der Waals surface area contributed by atoms with Gasteiger partial charge in [0.1, 0.15) is 0 Å². The molecule has 120 valence electrons. The van der Waals surface area contributed by atoms with Crippen molar-refractivity contribution in [3.8, 4) is 0 Å². The molecule has 0 saturated carbocycles. The molecule has 0 radical (unpaired) electrons. The molecule has 2 heterocycles. The van der Waals surface area contributed by atoms with E-state index in [-0.39, 0.29) is 24.6 Å². The van der Waals surface area contributed by atoms with Gasteiger partial charge in [-0.3, -0.25) is 9.59 Å². The minimum Gasteiger partial charge on any atom is -0.469 e. The lowest BCUT2D eigenvalue weighted by Gasteiger charge is -2.32. The second-order valence-corrected chi connectivity index (χ2v) is 7.40. The average Bonchev–Trinajstić information content (AvgIpc) is 2.99. The van der Waals surface area contributed by atoms with Gasteiger partial charge in [0.05, 0.1) is 29.6 Å². The van der Waals surface area contributed by atoms with Crippen LogP contribution in [0.4, 0.5) is 0 Å². The highest BCUT2D eigenvalue weighted by Crippen LogP contribution is 2.37. The van der Waals surface area contributed by atoms with E-state index in [9.17, 15) is 9.59 Å². The van der Waals surface area contributed by atoms with Crippen LogP contribution in [0.2, 0.25) is 0 Å². The molecule has 0 amide bonds. The van der Waals surface area contributed by atoms with E-state index in [1.165, 1.54) is 18.4 Å². The smallest absolute Gasteiger partial charge is 0.469 e. The fourth-order valence-electron chi connectivity index (χ4n) is 2.03. The number of thiophene rings is 1. The van der Waals surface area contributed by atoms with Crippen LogP contribution < -0.4 is 4.78 Å². The number of hydrogen-bond donors (Lipinski definition) is 0. The van der Waals surface area contributed by atoms with Crippen molar-refractivity contribution in [2.45, 2.75) is 51.7 Å². The van der Waals surface area contributed by atoms with Crippen molar-refractivity contribution in [1.82, 2.24) is 0 Å². The van der Waals surface area contributed by atoms with Crippen molar-refractivity contribution in [2.75, 3.05) is 7.11 Å². The highest BCUT2D eigenvalue weighted by Gasteiger charge is 2.52. The third kappa shape index (κ3) is 3.42. The first-order valence-corrected chi connectivity index (χ1v) is 8.03. The average molecular weight is 324 g/mol. The van der Waals surface area contributed by atoms with Crippen LogP contribution in [0.1, 0.15) is 50.2 Å². The summed E-state index contributed by atoms with van der Waals surface area (Å²) in [5.74, 6) is -0.450. The van der Waals surface area contributed by atoms with Gasteiger partial charge < -0.3 is 14.0 Å². The Morgan fingerprint density at radius 2 is 1.73 bits per heavy atom. The summed E-state index contributed by atoms with van der Waals surface area (Å²) in [6.45, 7) is 7.96. The van der Waals surface area contributed by atoms with Gasteiger partial charge in [-0.15, -0.1) is 11.3 Å². The first-order chi connectivity index (χ1) is 10.2. The molecule has 0 bridgehead atoms. The number of ether oxygens (including phenoxy) is 1. The number of ketones is 1. The van der Waals surface area contributed by atoms with E-state index in [1.807, 2.05) is 33.8 Å². The van der Waals surface area contributed by atoms with E-state index in [0.717, 1.165) is 4.78 Å². The second-order valence-electron chi connectivity index (χ2n) is 6.29. The topological polar surface area (TPSA) is 61.8 Å². The quantitative estimate of drug-likeness (QED) is 0.472. The minimum atomic E-state index is -0.461. The van der Waals surface area contributed by atoms with Crippen molar-refractivity contribution < 1.29 is 23.6 Å². The molecular formula is C15H21BO5S. The van der Waals surface area contributed by atoms with Crippen LogP contribution in [0.3, 0.4) is 0 Å². The van der Waals surface area contributed by atoms with Crippen molar-refractivity contribution in [3.05, 3.63) is 17.0 Å². The van der Waals surface area contributed by atoms with Gasteiger partial charge in [-0.2, -0.15) is 0 Å². The largest absolute Gasteiger partial charge is 0.505 e. The van der Waals surface area contributed by atoms with Gasteiger partial charge in [-0.1, -0.05) is 6.07 Å². The SMILES string of the molecule is COC(=O)CCC(=O)c1ccc(B2OC(C)(C)C(C)(C)O2)s1. The molecule has 22 heavy (non-hydrogen) atoms. The Kier molecular flexibility index (Phi) is 4.80. The van der Waals surface area contributed by atoms with Crippen molar-refractivity contribution in [1.29, 1.82) is 0 Å². The molecule has 0 aromatic carbocycles. The van der Waals surface area contributed by atoms with Crippen LogP contribution in [-0.2, 0) is 18.8 Å². The Bertz CT molecular complexity index is 562. The molecule has 1 aromatic rings. The predicted octanol–water partition coefficient (Wildman–Crippen LogP) is 2.18. The highest BCUT2D eigenvalue weighted by atomic mass is 32.1. The molecule has 1 aliphatic heterocycles. The Morgan fingerprint density at radius 3 is 2.27 bits per heavy atom. The van der Waals surface area contributed by atoms with Gasteiger partial charge in [-0.05, 0) is 33.8 Å². The molecule has 0 spiro atoms. The third-order valence-electron chi connectivity index (χ3n) is 4.17. The monoisotopic (exact) mass is 324 g/mol. The molecular weight excluding hydrogens is 303 g/mol. The summed E-state index contributed by atoms with van der Waals surface area (Å²) < 4.78 is 17.3. The Balaban J connectivity index is 2.03. The van der Waals surface area contributed by atoms with Crippen molar-refractivity contribution in [2.24, 2.45) is 0 Å². The maximum atomic E-state index is 12.1.